The minimum atomic E-state index is -0.356. The maximum atomic E-state index is 12.4. The summed E-state index contributed by atoms with van der Waals surface area (Å²) < 4.78 is 20.5. The van der Waals surface area contributed by atoms with E-state index in [4.69, 9.17) is 14.2 Å². The minimum Gasteiger partial charge on any atom is -0.487 e. The van der Waals surface area contributed by atoms with Gasteiger partial charge in [0, 0.05) is 31.7 Å². The number of methoxy groups -OCH3 is 1. The Morgan fingerprint density at radius 1 is 1.00 bits per heavy atom. The molecule has 2 aromatic carbocycles. The van der Waals surface area contributed by atoms with Gasteiger partial charge in [-0.05, 0) is 42.0 Å². The summed E-state index contributed by atoms with van der Waals surface area (Å²) in [5, 5.41) is 4.21. The van der Waals surface area contributed by atoms with Crippen LogP contribution in [0.2, 0.25) is 0 Å². The highest BCUT2D eigenvalue weighted by atomic mass is 16.5. The molecule has 34 heavy (non-hydrogen) atoms. The Morgan fingerprint density at radius 2 is 1.76 bits per heavy atom. The van der Waals surface area contributed by atoms with E-state index in [1.165, 1.54) is 7.11 Å². The second-order valence-electron chi connectivity index (χ2n) is 8.16. The van der Waals surface area contributed by atoms with Gasteiger partial charge in [-0.1, -0.05) is 18.2 Å². The number of carbonyl (C=O) groups excluding carboxylic acids is 1. The zero-order valence-corrected chi connectivity index (χ0v) is 19.1. The van der Waals surface area contributed by atoms with Crippen LogP contribution >= 0.6 is 0 Å². The van der Waals surface area contributed by atoms with Gasteiger partial charge in [0.05, 0.1) is 37.1 Å². The lowest BCUT2D eigenvalue weighted by molar-refractivity contribution is 0.0600. The van der Waals surface area contributed by atoms with E-state index in [1.54, 1.807) is 10.7 Å². The van der Waals surface area contributed by atoms with Crippen molar-refractivity contribution in [2.75, 3.05) is 25.1 Å². The monoisotopic (exact) mass is 458 g/mol. The molecule has 174 valence electrons. The maximum absolute atomic E-state index is 12.4. The third-order valence-electron chi connectivity index (χ3n) is 5.77. The smallest absolute Gasteiger partial charge is 0.340 e. The number of rotatable bonds is 8. The fourth-order valence-corrected chi connectivity index (χ4v) is 4.01. The second kappa shape index (κ2) is 9.35. The van der Waals surface area contributed by atoms with Crippen molar-refractivity contribution < 1.29 is 19.0 Å². The molecule has 1 saturated heterocycles. The molecular formula is C26H26N4O4. The van der Waals surface area contributed by atoms with Gasteiger partial charge >= 0.3 is 5.97 Å². The lowest BCUT2D eigenvalue weighted by Crippen LogP contribution is -2.54. The van der Waals surface area contributed by atoms with Crippen LogP contribution in [0.3, 0.4) is 0 Å². The SMILES string of the molecule is COC(=O)c1cccc(N2CC(Oc3ccc(COc4ccn(C)n4)cc3)C2)c1-n1cccc1. The first-order valence-electron chi connectivity index (χ1n) is 11.1. The molecule has 0 radical (unpaired) electrons. The van der Waals surface area contributed by atoms with Crippen molar-refractivity contribution in [1.82, 2.24) is 14.3 Å². The first-order valence-corrected chi connectivity index (χ1v) is 11.1. The molecule has 0 atom stereocenters. The fourth-order valence-electron chi connectivity index (χ4n) is 4.01. The van der Waals surface area contributed by atoms with Crippen molar-refractivity contribution in [2.45, 2.75) is 12.7 Å². The molecule has 1 aliphatic rings. The number of nitrogens with zero attached hydrogens (tertiary/aromatic N) is 4. The highest BCUT2D eigenvalue weighted by molar-refractivity contribution is 5.96. The summed E-state index contributed by atoms with van der Waals surface area (Å²) in [5.41, 5.74) is 3.37. The third-order valence-corrected chi connectivity index (χ3v) is 5.77. The van der Waals surface area contributed by atoms with Crippen LogP contribution in [0.5, 0.6) is 11.6 Å². The number of hydrogen-bond acceptors (Lipinski definition) is 6. The van der Waals surface area contributed by atoms with Gasteiger partial charge in [-0.15, -0.1) is 5.10 Å². The van der Waals surface area contributed by atoms with Crippen molar-refractivity contribution in [3.8, 4) is 17.3 Å². The average Bonchev–Trinajstić information content (AvgIpc) is 3.51. The number of ether oxygens (including phenoxy) is 3. The van der Waals surface area contributed by atoms with Gasteiger partial charge in [0.15, 0.2) is 0 Å². The number of aryl methyl sites for hydroxylation is 1. The Morgan fingerprint density at radius 3 is 2.44 bits per heavy atom. The lowest BCUT2D eigenvalue weighted by Gasteiger charge is -2.41. The predicted octanol–water partition coefficient (Wildman–Crippen LogP) is 3.84. The Labute approximate surface area is 197 Å². The molecule has 2 aromatic heterocycles. The number of anilines is 1. The van der Waals surface area contributed by atoms with E-state index >= 15 is 0 Å². The van der Waals surface area contributed by atoms with Gasteiger partial charge in [0.25, 0.3) is 0 Å². The molecule has 0 N–H and O–H groups in total. The van der Waals surface area contributed by atoms with Crippen LogP contribution in [-0.2, 0) is 18.4 Å². The average molecular weight is 459 g/mol. The van der Waals surface area contributed by atoms with Crippen molar-refractivity contribution in [3.05, 3.63) is 90.4 Å². The van der Waals surface area contributed by atoms with Gasteiger partial charge in [-0.3, -0.25) is 4.68 Å². The summed E-state index contributed by atoms with van der Waals surface area (Å²) in [4.78, 5) is 14.6. The Hall–Kier alpha value is -4.20. The molecule has 5 rings (SSSR count). The second-order valence-corrected chi connectivity index (χ2v) is 8.16. The van der Waals surface area contributed by atoms with Crippen LogP contribution in [0, 0.1) is 0 Å². The Kier molecular flexibility index (Phi) is 5.95. The van der Waals surface area contributed by atoms with Crippen LogP contribution in [0.1, 0.15) is 15.9 Å². The number of benzene rings is 2. The molecular weight excluding hydrogens is 432 g/mol. The van der Waals surface area contributed by atoms with Gasteiger partial charge in [0.1, 0.15) is 18.5 Å². The molecule has 4 aromatic rings. The quantitative estimate of drug-likeness (QED) is 0.374. The summed E-state index contributed by atoms with van der Waals surface area (Å²) >= 11 is 0. The number of carbonyl (C=O) groups is 1. The number of para-hydroxylation sites is 1. The van der Waals surface area contributed by atoms with Gasteiger partial charge in [0.2, 0.25) is 5.88 Å². The molecule has 3 heterocycles. The third kappa shape index (κ3) is 4.47. The maximum Gasteiger partial charge on any atom is 0.340 e. The van der Waals surface area contributed by atoms with Crippen molar-refractivity contribution in [3.63, 3.8) is 0 Å². The molecule has 8 heteroatoms. The van der Waals surface area contributed by atoms with Gasteiger partial charge < -0.3 is 23.7 Å². The molecule has 1 fully saturated rings. The van der Waals surface area contributed by atoms with Crippen LogP contribution in [0.25, 0.3) is 5.69 Å². The van der Waals surface area contributed by atoms with E-state index < -0.39 is 0 Å². The van der Waals surface area contributed by atoms with Crippen LogP contribution < -0.4 is 14.4 Å². The van der Waals surface area contributed by atoms with Crippen LogP contribution in [0.4, 0.5) is 5.69 Å². The standard InChI is InChI=1S/C26H26N4O4/c1-28-15-12-24(27-28)33-18-19-8-10-20(11-9-19)34-21-16-30(17-21)23-7-5-6-22(26(31)32-2)25(23)29-13-3-4-14-29/h3-15,21H,16-18H2,1-2H3. The Bertz CT molecular complexity index is 1260. The zero-order chi connectivity index (χ0) is 23.5. The summed E-state index contributed by atoms with van der Waals surface area (Å²) in [6.45, 7) is 1.90. The molecule has 8 nitrogen and oxygen atoms in total. The van der Waals surface area contributed by atoms with E-state index in [9.17, 15) is 4.79 Å². The van der Waals surface area contributed by atoms with Crippen molar-refractivity contribution in [1.29, 1.82) is 0 Å². The molecule has 0 aliphatic carbocycles. The summed E-state index contributed by atoms with van der Waals surface area (Å²) in [6.07, 6.45) is 5.77. The van der Waals surface area contributed by atoms with Crippen LogP contribution in [-0.4, -0.2) is 46.6 Å². The van der Waals surface area contributed by atoms with E-state index in [0.29, 0.717) is 18.1 Å². The molecule has 0 saturated carbocycles. The normalized spacial score (nSPS) is 13.4. The highest BCUT2D eigenvalue weighted by Crippen LogP contribution is 2.33. The predicted molar refractivity (Wildman–Crippen MR) is 128 cm³/mol. The topological polar surface area (TPSA) is 70.8 Å². The van der Waals surface area contributed by atoms with E-state index in [-0.39, 0.29) is 12.1 Å². The van der Waals surface area contributed by atoms with E-state index in [0.717, 1.165) is 35.8 Å². The number of esters is 1. The highest BCUT2D eigenvalue weighted by Gasteiger charge is 2.32. The zero-order valence-electron chi connectivity index (χ0n) is 19.1. The molecule has 0 bridgehead atoms. The molecule has 0 spiro atoms. The fraction of sp³-hybridized carbons (Fsp3) is 0.231. The van der Waals surface area contributed by atoms with Crippen molar-refractivity contribution in [2.24, 2.45) is 7.05 Å². The van der Waals surface area contributed by atoms with Crippen molar-refractivity contribution >= 4 is 11.7 Å². The minimum absolute atomic E-state index is 0.0647. The summed E-state index contributed by atoms with van der Waals surface area (Å²) in [6, 6.07) is 19.3. The van der Waals surface area contributed by atoms with E-state index in [2.05, 4.69) is 10.00 Å². The lowest BCUT2D eigenvalue weighted by atomic mass is 10.1. The summed E-state index contributed by atoms with van der Waals surface area (Å²) in [7, 11) is 3.26. The largest absolute Gasteiger partial charge is 0.487 e. The number of hydrogen-bond donors (Lipinski definition) is 0. The first kappa shape index (κ1) is 21.6. The molecule has 0 amide bonds. The van der Waals surface area contributed by atoms with Gasteiger partial charge in [-0.25, -0.2) is 4.79 Å². The number of aromatic nitrogens is 3. The van der Waals surface area contributed by atoms with Crippen LogP contribution in [0.15, 0.2) is 79.3 Å². The Balaban J connectivity index is 1.22. The molecule has 1 aliphatic heterocycles. The summed E-state index contributed by atoms with van der Waals surface area (Å²) in [5.74, 6) is 1.07. The molecule has 0 unspecified atom stereocenters. The van der Waals surface area contributed by atoms with Gasteiger partial charge in [-0.2, -0.15) is 0 Å². The first-order chi connectivity index (χ1) is 16.6. The van der Waals surface area contributed by atoms with E-state index in [1.807, 2.05) is 84.8 Å².